The van der Waals surface area contributed by atoms with Crippen molar-refractivity contribution in [1.29, 1.82) is 0 Å². The first-order valence-electron chi connectivity index (χ1n) is 8.80. The Morgan fingerprint density at radius 3 is 2.74 bits per heavy atom. The minimum atomic E-state index is -0.424. The molecule has 0 atom stereocenters. The Hall–Kier alpha value is -2.78. The van der Waals surface area contributed by atoms with Crippen molar-refractivity contribution in [3.8, 4) is 11.3 Å². The molecule has 9 heteroatoms. The summed E-state index contributed by atoms with van der Waals surface area (Å²) >= 11 is 1.29. The lowest BCUT2D eigenvalue weighted by molar-refractivity contribution is -0.117. The Morgan fingerprint density at radius 2 is 2.00 bits per heavy atom. The fourth-order valence-corrected chi connectivity index (χ4v) is 3.83. The van der Waals surface area contributed by atoms with Gasteiger partial charge in [-0.15, -0.1) is 11.3 Å². The lowest BCUT2D eigenvalue weighted by Crippen LogP contribution is -2.53. The van der Waals surface area contributed by atoms with Gasteiger partial charge in [0.1, 0.15) is 5.65 Å². The van der Waals surface area contributed by atoms with E-state index in [1.54, 1.807) is 11.1 Å². The Kier molecular flexibility index (Phi) is 3.73. The first-order chi connectivity index (χ1) is 13.1. The molecule has 1 aliphatic heterocycles. The van der Waals surface area contributed by atoms with Crippen LogP contribution in [0.3, 0.4) is 0 Å². The number of amides is 2. The zero-order chi connectivity index (χ0) is 18.5. The predicted octanol–water partition coefficient (Wildman–Crippen LogP) is 1.62. The molecule has 3 aromatic heterocycles. The van der Waals surface area contributed by atoms with Crippen molar-refractivity contribution < 1.29 is 14.7 Å². The number of aromatic nitrogens is 3. The van der Waals surface area contributed by atoms with Gasteiger partial charge in [-0.1, -0.05) is 0 Å². The fraction of sp³-hybridized carbons (Fsp3) is 0.333. The number of imidazole rings is 1. The Bertz CT molecular complexity index is 1050. The predicted molar refractivity (Wildman–Crippen MR) is 99.6 cm³/mol. The minimum absolute atomic E-state index is 0.0254. The average Bonchev–Trinajstić information content (AvgIpc) is 3.23. The van der Waals surface area contributed by atoms with Crippen molar-refractivity contribution in [2.75, 3.05) is 18.4 Å². The van der Waals surface area contributed by atoms with Crippen molar-refractivity contribution in [3.63, 3.8) is 0 Å². The molecule has 2 fully saturated rings. The average molecular weight is 383 g/mol. The fourth-order valence-electron chi connectivity index (χ4n) is 3.04. The van der Waals surface area contributed by atoms with Crippen molar-refractivity contribution in [2.45, 2.75) is 18.9 Å². The number of likely N-dealkylation sites (tertiary alicyclic amines) is 1. The van der Waals surface area contributed by atoms with Crippen LogP contribution in [0.15, 0.2) is 29.9 Å². The van der Waals surface area contributed by atoms with Gasteiger partial charge in [0.05, 0.1) is 18.0 Å². The number of aliphatic hydroxyl groups excluding tert-OH is 1. The van der Waals surface area contributed by atoms with E-state index >= 15 is 0 Å². The number of rotatable bonds is 4. The van der Waals surface area contributed by atoms with Gasteiger partial charge in [0.25, 0.3) is 5.91 Å². The molecule has 138 valence electrons. The highest BCUT2D eigenvalue weighted by molar-refractivity contribution is 7.12. The van der Waals surface area contributed by atoms with E-state index in [0.717, 1.165) is 24.1 Å². The van der Waals surface area contributed by atoms with E-state index in [4.69, 9.17) is 0 Å². The van der Waals surface area contributed by atoms with Crippen LogP contribution in [-0.2, 0) is 4.79 Å². The summed E-state index contributed by atoms with van der Waals surface area (Å²) in [7, 11) is 0. The highest BCUT2D eigenvalue weighted by Gasteiger charge is 2.31. The van der Waals surface area contributed by atoms with Crippen molar-refractivity contribution in [2.24, 2.45) is 5.92 Å². The van der Waals surface area contributed by atoms with E-state index in [2.05, 4.69) is 15.3 Å². The molecule has 8 nitrogen and oxygen atoms in total. The summed E-state index contributed by atoms with van der Waals surface area (Å²) in [6, 6.07) is 3.75. The highest BCUT2D eigenvalue weighted by Crippen LogP contribution is 2.30. The van der Waals surface area contributed by atoms with Gasteiger partial charge < -0.3 is 19.7 Å². The van der Waals surface area contributed by atoms with Crippen LogP contribution in [0.4, 0.5) is 5.82 Å². The Labute approximate surface area is 158 Å². The second kappa shape index (κ2) is 6.14. The molecular formula is C18H17N5O3S. The van der Waals surface area contributed by atoms with Crippen LogP contribution in [0.2, 0.25) is 0 Å². The number of fused-ring (bicyclic) bond motifs is 1. The smallest absolute Gasteiger partial charge is 0.283 e. The number of β-amino-alcohol motifs (C(OH)–C–C–N with tert-alkyl or cyclic N) is 1. The molecule has 1 aliphatic carbocycles. The van der Waals surface area contributed by atoms with Gasteiger partial charge in [0, 0.05) is 36.1 Å². The number of aliphatic hydroxyl groups is 1. The summed E-state index contributed by atoms with van der Waals surface area (Å²) in [5, 5.41) is 14.4. The number of thiazole rings is 1. The molecule has 4 heterocycles. The molecule has 27 heavy (non-hydrogen) atoms. The van der Waals surface area contributed by atoms with Gasteiger partial charge in [-0.3, -0.25) is 9.59 Å². The van der Waals surface area contributed by atoms with Crippen LogP contribution in [0, 0.1) is 5.92 Å². The largest absolute Gasteiger partial charge is 0.389 e. The molecule has 1 saturated carbocycles. The minimum Gasteiger partial charge on any atom is -0.389 e. The molecule has 5 rings (SSSR count). The summed E-state index contributed by atoms with van der Waals surface area (Å²) in [5.41, 5.74) is 2.30. The highest BCUT2D eigenvalue weighted by atomic mass is 32.1. The van der Waals surface area contributed by atoms with Gasteiger partial charge in [-0.25, -0.2) is 9.97 Å². The zero-order valence-electron chi connectivity index (χ0n) is 14.3. The Balaban J connectivity index is 1.37. The molecule has 0 radical (unpaired) electrons. The number of hydrogen-bond donors (Lipinski definition) is 2. The zero-order valence-corrected chi connectivity index (χ0v) is 15.1. The molecule has 0 spiro atoms. The third-order valence-corrected chi connectivity index (χ3v) is 5.61. The number of carbonyl (C=O) groups is 2. The van der Waals surface area contributed by atoms with Crippen LogP contribution in [0.25, 0.3) is 16.9 Å². The summed E-state index contributed by atoms with van der Waals surface area (Å²) in [5.74, 6) is 0.543. The first kappa shape index (κ1) is 16.4. The number of carbonyl (C=O) groups excluding carboxylic acids is 2. The standard InChI is InChI=1S/C18H17N5O3S/c24-12-6-23(7-12)18(26)17-19-13(9-27-17)11-3-4-15-20-14(8-22(15)5-11)21-16(25)10-1-2-10/h3-5,8-10,12,24H,1-2,6-7H2,(H,21,25). The number of pyridine rings is 1. The van der Waals surface area contributed by atoms with Crippen molar-refractivity contribution in [3.05, 3.63) is 34.9 Å². The topological polar surface area (TPSA) is 99.8 Å². The maximum absolute atomic E-state index is 12.3. The lowest BCUT2D eigenvalue weighted by Gasteiger charge is -2.35. The summed E-state index contributed by atoms with van der Waals surface area (Å²) in [6.07, 6.45) is 5.13. The van der Waals surface area contributed by atoms with Crippen LogP contribution < -0.4 is 5.32 Å². The number of nitrogens with zero attached hydrogens (tertiary/aromatic N) is 4. The second-order valence-electron chi connectivity index (χ2n) is 6.97. The number of hydrogen-bond acceptors (Lipinski definition) is 6. The molecule has 2 N–H and O–H groups in total. The molecule has 3 aromatic rings. The van der Waals surface area contributed by atoms with E-state index in [1.807, 2.05) is 28.1 Å². The van der Waals surface area contributed by atoms with Gasteiger partial charge in [-0.2, -0.15) is 0 Å². The summed E-state index contributed by atoms with van der Waals surface area (Å²) in [6.45, 7) is 0.730. The molecule has 1 saturated heterocycles. The van der Waals surface area contributed by atoms with E-state index in [-0.39, 0.29) is 17.7 Å². The van der Waals surface area contributed by atoms with Crippen LogP contribution >= 0.6 is 11.3 Å². The van der Waals surface area contributed by atoms with Crippen molar-refractivity contribution in [1.82, 2.24) is 19.3 Å². The monoisotopic (exact) mass is 383 g/mol. The number of nitrogens with one attached hydrogen (secondary N) is 1. The normalized spacial score (nSPS) is 17.1. The van der Waals surface area contributed by atoms with Gasteiger partial charge >= 0.3 is 0 Å². The number of anilines is 1. The summed E-state index contributed by atoms with van der Waals surface area (Å²) < 4.78 is 1.84. The molecule has 0 aromatic carbocycles. The van der Waals surface area contributed by atoms with E-state index in [0.29, 0.717) is 29.6 Å². The molecule has 0 bridgehead atoms. The molecular weight excluding hydrogens is 366 g/mol. The van der Waals surface area contributed by atoms with Crippen molar-refractivity contribution >= 4 is 34.6 Å². The van der Waals surface area contributed by atoms with Crippen LogP contribution in [-0.4, -0.2) is 55.4 Å². The second-order valence-corrected chi connectivity index (χ2v) is 7.83. The quantitative estimate of drug-likeness (QED) is 0.713. The summed E-state index contributed by atoms with van der Waals surface area (Å²) in [4.78, 5) is 34.6. The maximum atomic E-state index is 12.3. The SMILES string of the molecule is O=C(Nc1cn2cc(-c3csc(C(=O)N4CC(O)C4)n3)ccc2n1)C1CC1. The van der Waals surface area contributed by atoms with E-state index in [1.165, 1.54) is 11.3 Å². The lowest BCUT2D eigenvalue weighted by atomic mass is 10.2. The van der Waals surface area contributed by atoms with Gasteiger partial charge in [-0.05, 0) is 25.0 Å². The molecule has 2 amide bonds. The van der Waals surface area contributed by atoms with Crippen LogP contribution in [0.5, 0.6) is 0 Å². The molecule has 2 aliphatic rings. The van der Waals surface area contributed by atoms with Gasteiger partial charge in [0.2, 0.25) is 5.91 Å². The maximum Gasteiger partial charge on any atom is 0.283 e. The molecule has 0 unspecified atom stereocenters. The van der Waals surface area contributed by atoms with E-state index < -0.39 is 6.10 Å². The van der Waals surface area contributed by atoms with E-state index in [9.17, 15) is 14.7 Å². The first-order valence-corrected chi connectivity index (χ1v) is 9.67. The third-order valence-electron chi connectivity index (χ3n) is 4.78. The van der Waals surface area contributed by atoms with Gasteiger partial charge in [0.15, 0.2) is 10.8 Å². The third kappa shape index (κ3) is 3.08. The Morgan fingerprint density at radius 1 is 1.19 bits per heavy atom. The van der Waals surface area contributed by atoms with Crippen LogP contribution in [0.1, 0.15) is 22.6 Å².